The van der Waals surface area contributed by atoms with Crippen LogP contribution in [0, 0.1) is 0 Å². The largest absolute Gasteiger partial charge is 0.476 e. The van der Waals surface area contributed by atoms with Crippen LogP contribution in [0.25, 0.3) is 17.2 Å². The molecule has 0 aliphatic heterocycles. The number of nitrogens with zero attached hydrogens (tertiary/aromatic N) is 6. The Morgan fingerprint density at radius 3 is 2.70 bits per heavy atom. The first-order chi connectivity index (χ1) is 9.74. The monoisotopic (exact) mass is 268 g/mol. The van der Waals surface area contributed by atoms with Crippen molar-refractivity contribution in [2.24, 2.45) is 0 Å². The highest BCUT2D eigenvalue weighted by Gasteiger charge is 2.11. The van der Waals surface area contributed by atoms with E-state index in [1.165, 1.54) is 6.20 Å². The summed E-state index contributed by atoms with van der Waals surface area (Å²) in [5.74, 6) is -0.546. The van der Waals surface area contributed by atoms with Gasteiger partial charge in [-0.25, -0.2) is 9.78 Å². The van der Waals surface area contributed by atoms with Gasteiger partial charge in [0.15, 0.2) is 11.5 Å². The first kappa shape index (κ1) is 11.9. The van der Waals surface area contributed by atoms with E-state index in [2.05, 4.69) is 25.4 Å². The Hall–Kier alpha value is -3.16. The first-order valence-corrected chi connectivity index (χ1v) is 5.65. The van der Waals surface area contributed by atoms with E-state index in [1.807, 2.05) is 30.3 Å². The molecule has 0 radical (unpaired) electrons. The summed E-state index contributed by atoms with van der Waals surface area (Å²) in [6.45, 7) is 0. The van der Waals surface area contributed by atoms with Crippen molar-refractivity contribution in [3.63, 3.8) is 0 Å². The van der Waals surface area contributed by atoms with Crippen LogP contribution in [0.5, 0.6) is 0 Å². The molecule has 2 heterocycles. The fourth-order valence-electron chi connectivity index (χ4n) is 1.57. The van der Waals surface area contributed by atoms with Crippen molar-refractivity contribution in [2.45, 2.75) is 0 Å². The molecule has 0 atom stereocenters. The lowest BCUT2D eigenvalue weighted by Gasteiger charge is -1.97. The molecule has 8 nitrogen and oxygen atoms in total. The van der Waals surface area contributed by atoms with E-state index >= 15 is 0 Å². The lowest BCUT2D eigenvalue weighted by molar-refractivity contribution is 0.0690. The maximum atomic E-state index is 10.8. The van der Waals surface area contributed by atoms with Crippen LogP contribution in [-0.4, -0.2) is 41.3 Å². The maximum Gasteiger partial charge on any atom is 0.356 e. The number of hydrogen-bond acceptors (Lipinski definition) is 6. The number of rotatable bonds is 3. The van der Waals surface area contributed by atoms with E-state index in [0.29, 0.717) is 5.82 Å². The average Bonchev–Trinajstić information content (AvgIpc) is 2.98. The van der Waals surface area contributed by atoms with Crippen molar-refractivity contribution in [3.05, 3.63) is 48.4 Å². The Morgan fingerprint density at radius 1 is 1.15 bits per heavy atom. The van der Waals surface area contributed by atoms with Crippen LogP contribution >= 0.6 is 0 Å². The van der Waals surface area contributed by atoms with Crippen molar-refractivity contribution < 1.29 is 9.90 Å². The molecule has 0 amide bonds. The second kappa shape index (κ2) is 4.84. The van der Waals surface area contributed by atoms with E-state index in [4.69, 9.17) is 5.11 Å². The molecular weight excluding hydrogens is 260 g/mol. The number of carbonyl (C=O) groups is 1. The summed E-state index contributed by atoms with van der Waals surface area (Å²) in [6, 6.07) is 9.30. The van der Waals surface area contributed by atoms with Gasteiger partial charge in [-0.15, -0.1) is 15.0 Å². The predicted octanol–water partition coefficient (Wildman–Crippen LogP) is 0.817. The Labute approximate surface area is 112 Å². The standard InChI is InChI=1S/C12H8N6O2/c19-12(20)9-6-13-7-10(14-9)18-16-11(15-17-18)8-4-2-1-3-5-8/h1-7H,(H,19,20). The summed E-state index contributed by atoms with van der Waals surface area (Å²) in [6.07, 6.45) is 2.52. The minimum absolute atomic E-state index is 0.180. The Kier molecular flexibility index (Phi) is 2.88. The predicted molar refractivity (Wildman–Crippen MR) is 67.1 cm³/mol. The van der Waals surface area contributed by atoms with Crippen LogP contribution in [0.1, 0.15) is 10.5 Å². The van der Waals surface area contributed by atoms with Gasteiger partial charge in [-0.3, -0.25) is 4.98 Å². The molecule has 0 aliphatic carbocycles. The lowest BCUT2D eigenvalue weighted by Crippen LogP contribution is -2.08. The van der Waals surface area contributed by atoms with Gasteiger partial charge in [0.1, 0.15) is 0 Å². The van der Waals surface area contributed by atoms with E-state index in [9.17, 15) is 4.79 Å². The molecule has 98 valence electrons. The quantitative estimate of drug-likeness (QED) is 0.749. The van der Waals surface area contributed by atoms with Gasteiger partial charge in [0.05, 0.1) is 12.4 Å². The van der Waals surface area contributed by atoms with E-state index in [0.717, 1.165) is 16.6 Å². The van der Waals surface area contributed by atoms with Gasteiger partial charge >= 0.3 is 5.97 Å². The van der Waals surface area contributed by atoms with Crippen molar-refractivity contribution in [2.75, 3.05) is 0 Å². The van der Waals surface area contributed by atoms with Gasteiger partial charge in [-0.2, -0.15) is 0 Å². The van der Waals surface area contributed by atoms with Crippen LogP contribution in [0.3, 0.4) is 0 Å². The third kappa shape index (κ3) is 2.21. The molecular formula is C12H8N6O2. The highest BCUT2D eigenvalue weighted by molar-refractivity contribution is 5.85. The fraction of sp³-hybridized carbons (Fsp3) is 0. The summed E-state index contributed by atoms with van der Waals surface area (Å²) in [5, 5.41) is 20.8. The molecule has 1 N–H and O–H groups in total. The number of aromatic nitrogens is 6. The third-order valence-corrected chi connectivity index (χ3v) is 2.49. The molecule has 0 spiro atoms. The zero-order chi connectivity index (χ0) is 13.9. The van der Waals surface area contributed by atoms with Gasteiger partial charge in [0.25, 0.3) is 0 Å². The van der Waals surface area contributed by atoms with Gasteiger partial charge in [-0.05, 0) is 5.21 Å². The average molecular weight is 268 g/mol. The van der Waals surface area contributed by atoms with Crippen molar-refractivity contribution >= 4 is 5.97 Å². The number of carboxylic acid groups (broad SMARTS) is 1. The summed E-state index contributed by atoms with van der Waals surface area (Å²) in [4.78, 5) is 19.7. The SMILES string of the molecule is O=C(O)c1cncc(-n2nnc(-c3ccccc3)n2)n1. The van der Waals surface area contributed by atoms with Crippen LogP contribution in [0.4, 0.5) is 0 Å². The Bertz CT molecular complexity index is 755. The highest BCUT2D eigenvalue weighted by Crippen LogP contribution is 2.12. The first-order valence-electron chi connectivity index (χ1n) is 5.65. The number of aromatic carboxylic acids is 1. The molecule has 0 saturated heterocycles. The number of hydrogen-bond donors (Lipinski definition) is 1. The summed E-state index contributed by atoms with van der Waals surface area (Å²) in [5.41, 5.74) is 0.627. The van der Waals surface area contributed by atoms with Crippen LogP contribution < -0.4 is 0 Å². The minimum atomic E-state index is -1.16. The third-order valence-electron chi connectivity index (χ3n) is 2.49. The molecule has 3 aromatic rings. The molecule has 0 bridgehead atoms. The van der Waals surface area contributed by atoms with Crippen molar-refractivity contribution in [1.82, 2.24) is 30.2 Å². The summed E-state index contributed by atoms with van der Waals surface area (Å²) in [7, 11) is 0. The molecule has 1 aromatic carbocycles. The number of tetrazole rings is 1. The van der Waals surface area contributed by atoms with Crippen molar-refractivity contribution in [3.8, 4) is 17.2 Å². The Balaban J connectivity index is 1.98. The number of benzene rings is 1. The van der Waals surface area contributed by atoms with E-state index < -0.39 is 5.97 Å². The van der Waals surface area contributed by atoms with E-state index in [1.54, 1.807) is 0 Å². The molecule has 0 fully saturated rings. The van der Waals surface area contributed by atoms with Gasteiger partial charge < -0.3 is 5.11 Å². The summed E-state index contributed by atoms with van der Waals surface area (Å²) >= 11 is 0. The molecule has 0 unspecified atom stereocenters. The smallest absolute Gasteiger partial charge is 0.356 e. The van der Waals surface area contributed by atoms with Gasteiger partial charge in [0, 0.05) is 5.56 Å². The zero-order valence-corrected chi connectivity index (χ0v) is 10.1. The highest BCUT2D eigenvalue weighted by atomic mass is 16.4. The molecule has 2 aromatic heterocycles. The topological polar surface area (TPSA) is 107 Å². The lowest BCUT2D eigenvalue weighted by atomic mass is 10.2. The van der Waals surface area contributed by atoms with Gasteiger partial charge in [-0.1, -0.05) is 30.3 Å². The fourth-order valence-corrected chi connectivity index (χ4v) is 1.57. The van der Waals surface area contributed by atoms with E-state index in [-0.39, 0.29) is 11.5 Å². The molecule has 8 heteroatoms. The zero-order valence-electron chi connectivity index (χ0n) is 10.1. The molecule has 0 aliphatic rings. The van der Waals surface area contributed by atoms with Crippen LogP contribution in [0.15, 0.2) is 42.7 Å². The second-order valence-corrected chi connectivity index (χ2v) is 3.84. The Morgan fingerprint density at radius 2 is 1.95 bits per heavy atom. The van der Waals surface area contributed by atoms with Crippen molar-refractivity contribution in [1.29, 1.82) is 0 Å². The maximum absolute atomic E-state index is 10.8. The molecule has 20 heavy (non-hydrogen) atoms. The van der Waals surface area contributed by atoms with Crippen LogP contribution in [-0.2, 0) is 0 Å². The summed E-state index contributed by atoms with van der Waals surface area (Å²) < 4.78 is 0. The molecule has 3 rings (SSSR count). The second-order valence-electron chi connectivity index (χ2n) is 3.84. The number of carboxylic acids is 1. The minimum Gasteiger partial charge on any atom is -0.476 e. The van der Waals surface area contributed by atoms with Crippen LogP contribution in [0.2, 0.25) is 0 Å². The normalized spacial score (nSPS) is 10.4. The van der Waals surface area contributed by atoms with Gasteiger partial charge in [0.2, 0.25) is 5.82 Å². The molecule has 0 saturated carbocycles.